The second-order valence-corrected chi connectivity index (χ2v) is 5.88. The summed E-state index contributed by atoms with van der Waals surface area (Å²) >= 11 is 6.11. The van der Waals surface area contributed by atoms with Crippen molar-refractivity contribution >= 4 is 17.5 Å². The number of carbonyl (C=O) groups is 1. The number of nitrogens with one attached hydrogen (secondary N) is 2. The lowest BCUT2D eigenvalue weighted by atomic mass is 9.95. The van der Waals surface area contributed by atoms with E-state index in [2.05, 4.69) is 10.6 Å². The van der Waals surface area contributed by atoms with E-state index in [1.54, 1.807) is 6.07 Å². The van der Waals surface area contributed by atoms with E-state index < -0.39 is 0 Å². The second-order valence-electron chi connectivity index (χ2n) is 5.48. The molecule has 102 valence electrons. The number of hydrogen-bond donors (Lipinski definition) is 2. The molecule has 1 heterocycles. The Morgan fingerprint density at radius 1 is 1.47 bits per heavy atom. The molecule has 2 N–H and O–H groups in total. The van der Waals surface area contributed by atoms with Gasteiger partial charge in [-0.25, -0.2) is 4.39 Å². The van der Waals surface area contributed by atoms with Crippen molar-refractivity contribution in [1.29, 1.82) is 0 Å². The van der Waals surface area contributed by atoms with Crippen molar-refractivity contribution in [2.24, 2.45) is 5.92 Å². The monoisotopic (exact) mass is 282 g/mol. The lowest BCUT2D eigenvalue weighted by Crippen LogP contribution is -2.51. The maximum Gasteiger partial charge on any atom is 0.225 e. The van der Waals surface area contributed by atoms with Gasteiger partial charge in [0.05, 0.1) is 5.92 Å². The van der Waals surface area contributed by atoms with Gasteiger partial charge in [0.2, 0.25) is 5.91 Å². The van der Waals surface area contributed by atoms with Crippen LogP contribution in [-0.4, -0.2) is 25.5 Å². The minimum absolute atomic E-state index is 0.0857. The standard InChI is InChI=1S/C14H16ClFN2O/c15-12-5-10(16)1-2-11(12)14(3-4-14)8-18-13(19)9-6-17-7-9/h1-2,5,9,17H,3-4,6-8H2,(H,18,19). The van der Waals surface area contributed by atoms with Gasteiger partial charge >= 0.3 is 0 Å². The molecule has 0 spiro atoms. The fourth-order valence-electron chi connectivity index (χ4n) is 2.49. The summed E-state index contributed by atoms with van der Waals surface area (Å²) in [6.07, 6.45) is 1.98. The predicted octanol–water partition coefficient (Wildman–Crippen LogP) is 1.85. The summed E-state index contributed by atoms with van der Waals surface area (Å²) in [6.45, 7) is 2.11. The number of carbonyl (C=O) groups excluding carboxylic acids is 1. The van der Waals surface area contributed by atoms with E-state index in [-0.39, 0.29) is 23.1 Å². The molecule has 1 aliphatic carbocycles. The third kappa shape index (κ3) is 2.47. The van der Waals surface area contributed by atoms with Crippen LogP contribution in [0.5, 0.6) is 0 Å². The summed E-state index contributed by atoms with van der Waals surface area (Å²) in [4.78, 5) is 11.8. The number of benzene rings is 1. The third-order valence-corrected chi connectivity index (χ3v) is 4.42. The van der Waals surface area contributed by atoms with Crippen LogP contribution in [0, 0.1) is 11.7 Å². The molecule has 1 aromatic rings. The van der Waals surface area contributed by atoms with Crippen molar-refractivity contribution in [3.8, 4) is 0 Å². The summed E-state index contributed by atoms with van der Waals surface area (Å²) in [5, 5.41) is 6.53. The summed E-state index contributed by atoms with van der Waals surface area (Å²) < 4.78 is 13.1. The van der Waals surface area contributed by atoms with Gasteiger partial charge in [0.25, 0.3) is 0 Å². The zero-order chi connectivity index (χ0) is 13.5. The van der Waals surface area contributed by atoms with Crippen molar-refractivity contribution in [1.82, 2.24) is 10.6 Å². The summed E-state index contributed by atoms with van der Waals surface area (Å²) in [5.74, 6) is -0.128. The lowest BCUT2D eigenvalue weighted by Gasteiger charge is -2.27. The number of rotatable bonds is 4. The molecule has 1 saturated heterocycles. The van der Waals surface area contributed by atoms with Crippen LogP contribution >= 0.6 is 11.6 Å². The highest BCUT2D eigenvalue weighted by Gasteiger charge is 2.46. The van der Waals surface area contributed by atoms with Crippen LogP contribution in [0.25, 0.3) is 0 Å². The first kappa shape index (κ1) is 12.9. The normalized spacial score (nSPS) is 20.7. The van der Waals surface area contributed by atoms with Gasteiger partial charge in [-0.2, -0.15) is 0 Å². The Morgan fingerprint density at radius 2 is 2.21 bits per heavy atom. The zero-order valence-corrected chi connectivity index (χ0v) is 11.3. The van der Waals surface area contributed by atoms with Crippen molar-refractivity contribution in [3.63, 3.8) is 0 Å². The molecule has 1 aliphatic heterocycles. The molecule has 0 aromatic heterocycles. The Bertz CT molecular complexity index is 512. The van der Waals surface area contributed by atoms with Gasteiger partial charge in [-0.3, -0.25) is 4.79 Å². The van der Waals surface area contributed by atoms with Crippen molar-refractivity contribution in [3.05, 3.63) is 34.6 Å². The molecule has 3 rings (SSSR count). The average Bonchev–Trinajstić information content (AvgIpc) is 3.05. The Kier molecular flexibility index (Phi) is 3.23. The number of amides is 1. The molecule has 5 heteroatoms. The predicted molar refractivity (Wildman–Crippen MR) is 71.7 cm³/mol. The average molecular weight is 283 g/mol. The van der Waals surface area contributed by atoms with Crippen LogP contribution in [0.3, 0.4) is 0 Å². The summed E-state index contributed by atoms with van der Waals surface area (Å²) in [7, 11) is 0. The molecule has 3 nitrogen and oxygen atoms in total. The van der Waals surface area contributed by atoms with Gasteiger partial charge in [-0.1, -0.05) is 17.7 Å². The van der Waals surface area contributed by atoms with E-state index >= 15 is 0 Å². The maximum absolute atomic E-state index is 13.1. The van der Waals surface area contributed by atoms with E-state index in [1.807, 2.05) is 0 Å². The summed E-state index contributed by atoms with van der Waals surface area (Å²) in [5.41, 5.74) is 0.861. The highest BCUT2D eigenvalue weighted by atomic mass is 35.5. The van der Waals surface area contributed by atoms with Gasteiger partial charge in [0, 0.05) is 30.1 Å². The summed E-state index contributed by atoms with van der Waals surface area (Å²) in [6, 6.07) is 4.51. The molecule has 0 radical (unpaired) electrons. The van der Waals surface area contributed by atoms with Gasteiger partial charge in [0.1, 0.15) is 5.82 Å². The molecule has 1 saturated carbocycles. The van der Waals surface area contributed by atoms with Crippen LogP contribution < -0.4 is 10.6 Å². The Morgan fingerprint density at radius 3 is 2.74 bits per heavy atom. The molecular weight excluding hydrogens is 267 g/mol. The van der Waals surface area contributed by atoms with E-state index in [9.17, 15) is 9.18 Å². The van der Waals surface area contributed by atoms with Crippen LogP contribution in [0.15, 0.2) is 18.2 Å². The van der Waals surface area contributed by atoms with E-state index in [0.717, 1.165) is 31.5 Å². The van der Waals surface area contributed by atoms with Crippen LogP contribution in [0.4, 0.5) is 4.39 Å². The molecule has 0 atom stereocenters. The molecule has 19 heavy (non-hydrogen) atoms. The fraction of sp³-hybridized carbons (Fsp3) is 0.500. The highest BCUT2D eigenvalue weighted by Crippen LogP contribution is 2.50. The topological polar surface area (TPSA) is 41.1 Å². The van der Waals surface area contributed by atoms with Crippen molar-refractivity contribution < 1.29 is 9.18 Å². The van der Waals surface area contributed by atoms with E-state index in [4.69, 9.17) is 11.6 Å². The molecule has 2 fully saturated rings. The first-order valence-electron chi connectivity index (χ1n) is 6.55. The van der Waals surface area contributed by atoms with Crippen LogP contribution in [-0.2, 0) is 10.2 Å². The first-order valence-corrected chi connectivity index (χ1v) is 6.92. The maximum atomic E-state index is 13.1. The largest absolute Gasteiger partial charge is 0.355 e. The molecule has 0 bridgehead atoms. The van der Waals surface area contributed by atoms with E-state index in [1.165, 1.54) is 12.1 Å². The molecule has 1 amide bonds. The quantitative estimate of drug-likeness (QED) is 0.885. The van der Waals surface area contributed by atoms with Crippen molar-refractivity contribution in [2.75, 3.05) is 19.6 Å². The number of halogens is 2. The smallest absolute Gasteiger partial charge is 0.225 e. The molecule has 2 aliphatic rings. The van der Waals surface area contributed by atoms with Gasteiger partial charge < -0.3 is 10.6 Å². The molecule has 1 aromatic carbocycles. The molecular formula is C14H16ClFN2O. The minimum atomic E-state index is -0.325. The van der Waals surface area contributed by atoms with Gasteiger partial charge in [-0.05, 0) is 30.5 Å². The Balaban J connectivity index is 1.67. The van der Waals surface area contributed by atoms with E-state index in [0.29, 0.717) is 11.6 Å². The van der Waals surface area contributed by atoms with Crippen molar-refractivity contribution in [2.45, 2.75) is 18.3 Å². The minimum Gasteiger partial charge on any atom is -0.355 e. The van der Waals surface area contributed by atoms with Gasteiger partial charge in [0.15, 0.2) is 0 Å². The fourth-order valence-corrected chi connectivity index (χ4v) is 2.85. The third-order valence-electron chi connectivity index (χ3n) is 4.11. The van der Waals surface area contributed by atoms with Gasteiger partial charge in [-0.15, -0.1) is 0 Å². The Hall–Kier alpha value is -1.13. The SMILES string of the molecule is O=C(NCC1(c2ccc(F)cc2Cl)CC1)C1CNC1. The zero-order valence-electron chi connectivity index (χ0n) is 10.5. The van der Waals surface area contributed by atoms with Crippen LogP contribution in [0.1, 0.15) is 18.4 Å². The lowest BCUT2D eigenvalue weighted by molar-refractivity contribution is -0.126. The van der Waals surface area contributed by atoms with Crippen LogP contribution in [0.2, 0.25) is 5.02 Å². The second kappa shape index (κ2) is 4.76. The highest BCUT2D eigenvalue weighted by molar-refractivity contribution is 6.31. The Labute approximate surface area is 116 Å². The number of hydrogen-bond acceptors (Lipinski definition) is 2. The molecule has 0 unspecified atom stereocenters. The first-order chi connectivity index (χ1) is 9.11.